The van der Waals surface area contributed by atoms with E-state index in [-0.39, 0.29) is 24.8 Å². The Balaban J connectivity index is 0.00000113. The van der Waals surface area contributed by atoms with E-state index in [0.717, 1.165) is 38.9 Å². The molecule has 0 aliphatic carbocycles. The third-order valence-electron chi connectivity index (χ3n) is 6.01. The van der Waals surface area contributed by atoms with Gasteiger partial charge in [0.25, 0.3) is 0 Å². The standard InChI is InChI=1S/C18H28N4O.2ClH/c23-18(12-15-10-16-2-3-17(11-15)20-16)21-8-4-14(5-9-21)13-22-7-1-6-19-22;;/h1,6-7,14-17,20H,2-5,8-13H2;2*1H. The number of amides is 1. The molecular weight excluding hydrogens is 359 g/mol. The second-order valence-electron chi connectivity index (χ2n) is 7.73. The van der Waals surface area contributed by atoms with Crippen LogP contribution in [0.15, 0.2) is 18.5 Å². The van der Waals surface area contributed by atoms with Crippen molar-refractivity contribution >= 4 is 30.7 Å². The summed E-state index contributed by atoms with van der Waals surface area (Å²) in [6, 6.07) is 3.35. The number of hydrogen-bond acceptors (Lipinski definition) is 3. The van der Waals surface area contributed by atoms with E-state index in [4.69, 9.17) is 0 Å². The summed E-state index contributed by atoms with van der Waals surface area (Å²) in [7, 11) is 0. The summed E-state index contributed by atoms with van der Waals surface area (Å²) in [5, 5.41) is 7.96. The Bertz CT molecular complexity index is 519. The number of hydrogen-bond donors (Lipinski definition) is 1. The second-order valence-corrected chi connectivity index (χ2v) is 7.73. The van der Waals surface area contributed by atoms with Crippen LogP contribution in [0.3, 0.4) is 0 Å². The number of carbonyl (C=O) groups is 1. The highest BCUT2D eigenvalue weighted by atomic mass is 35.5. The number of nitrogens with zero attached hydrogens (tertiary/aromatic N) is 3. The summed E-state index contributed by atoms with van der Waals surface area (Å²) in [6.45, 7) is 2.86. The Labute approximate surface area is 162 Å². The molecule has 3 saturated heterocycles. The van der Waals surface area contributed by atoms with E-state index < -0.39 is 0 Å². The van der Waals surface area contributed by atoms with Crippen molar-refractivity contribution < 1.29 is 4.79 Å². The van der Waals surface area contributed by atoms with E-state index in [9.17, 15) is 4.79 Å². The molecule has 3 aliphatic heterocycles. The fraction of sp³-hybridized carbons (Fsp3) is 0.778. The highest BCUT2D eigenvalue weighted by Crippen LogP contribution is 2.33. The first-order valence-corrected chi connectivity index (χ1v) is 9.27. The molecule has 0 radical (unpaired) electrons. The molecule has 3 fully saturated rings. The van der Waals surface area contributed by atoms with Gasteiger partial charge in [0.05, 0.1) is 0 Å². The molecule has 2 bridgehead atoms. The van der Waals surface area contributed by atoms with Gasteiger partial charge < -0.3 is 10.2 Å². The number of rotatable bonds is 4. The fourth-order valence-corrected chi connectivity index (χ4v) is 4.76. The van der Waals surface area contributed by atoms with Crippen molar-refractivity contribution in [2.75, 3.05) is 13.1 Å². The van der Waals surface area contributed by atoms with Gasteiger partial charge in [-0.3, -0.25) is 9.48 Å². The maximum atomic E-state index is 12.6. The SMILES string of the molecule is Cl.Cl.O=C(CC1CC2CCC(C1)N2)N1CCC(Cn2cccn2)CC1. The van der Waals surface area contributed by atoms with Crippen molar-refractivity contribution in [2.24, 2.45) is 11.8 Å². The van der Waals surface area contributed by atoms with Crippen LogP contribution in [0.1, 0.15) is 44.9 Å². The van der Waals surface area contributed by atoms with Crippen molar-refractivity contribution in [3.63, 3.8) is 0 Å². The average Bonchev–Trinajstić information content (AvgIpc) is 3.18. The van der Waals surface area contributed by atoms with Crippen LogP contribution in [-0.2, 0) is 11.3 Å². The van der Waals surface area contributed by atoms with Gasteiger partial charge in [-0.2, -0.15) is 5.10 Å². The van der Waals surface area contributed by atoms with Gasteiger partial charge in [0.15, 0.2) is 0 Å². The Morgan fingerprint density at radius 2 is 1.72 bits per heavy atom. The second kappa shape index (κ2) is 9.24. The van der Waals surface area contributed by atoms with E-state index in [1.165, 1.54) is 25.7 Å². The predicted octanol–water partition coefficient (Wildman–Crippen LogP) is 2.89. The molecular formula is C18H30Cl2N4O. The molecule has 1 aromatic heterocycles. The van der Waals surface area contributed by atoms with Gasteiger partial charge in [-0.25, -0.2) is 0 Å². The van der Waals surface area contributed by atoms with Crippen LogP contribution in [-0.4, -0.2) is 45.8 Å². The number of carbonyl (C=O) groups excluding carboxylic acids is 1. The average molecular weight is 389 g/mol. The summed E-state index contributed by atoms with van der Waals surface area (Å²) in [5.41, 5.74) is 0. The van der Waals surface area contributed by atoms with Gasteiger partial charge in [0, 0.05) is 50.5 Å². The lowest BCUT2D eigenvalue weighted by atomic mass is 9.88. The zero-order chi connectivity index (χ0) is 15.6. The fourth-order valence-electron chi connectivity index (χ4n) is 4.76. The Hall–Kier alpha value is -0.780. The van der Waals surface area contributed by atoms with Crippen LogP contribution in [0.4, 0.5) is 0 Å². The zero-order valence-electron chi connectivity index (χ0n) is 14.7. The van der Waals surface area contributed by atoms with E-state index in [2.05, 4.69) is 15.3 Å². The van der Waals surface area contributed by atoms with Crippen molar-refractivity contribution in [3.05, 3.63) is 18.5 Å². The molecule has 0 saturated carbocycles. The van der Waals surface area contributed by atoms with Gasteiger partial charge >= 0.3 is 0 Å². The van der Waals surface area contributed by atoms with Gasteiger partial charge in [-0.1, -0.05) is 0 Å². The van der Waals surface area contributed by atoms with Crippen LogP contribution in [0.2, 0.25) is 0 Å². The van der Waals surface area contributed by atoms with Crippen molar-refractivity contribution in [3.8, 4) is 0 Å². The number of likely N-dealkylation sites (tertiary alicyclic amines) is 1. The highest BCUT2D eigenvalue weighted by molar-refractivity contribution is 5.85. The zero-order valence-corrected chi connectivity index (χ0v) is 16.3. The van der Waals surface area contributed by atoms with E-state index in [1.807, 2.05) is 23.1 Å². The molecule has 0 spiro atoms. The molecule has 4 rings (SSSR count). The molecule has 3 aliphatic rings. The third kappa shape index (κ3) is 5.11. The summed E-state index contributed by atoms with van der Waals surface area (Å²) in [6.07, 6.45) is 11.9. The van der Waals surface area contributed by atoms with Gasteiger partial charge in [-0.15, -0.1) is 24.8 Å². The highest BCUT2D eigenvalue weighted by Gasteiger charge is 2.35. The van der Waals surface area contributed by atoms with Gasteiger partial charge in [0.1, 0.15) is 0 Å². The van der Waals surface area contributed by atoms with E-state index >= 15 is 0 Å². The van der Waals surface area contributed by atoms with Crippen molar-refractivity contribution in [2.45, 2.75) is 63.6 Å². The number of aromatic nitrogens is 2. The first-order valence-electron chi connectivity index (χ1n) is 9.27. The molecule has 0 aromatic carbocycles. The smallest absolute Gasteiger partial charge is 0.222 e. The van der Waals surface area contributed by atoms with Crippen LogP contribution < -0.4 is 5.32 Å². The van der Waals surface area contributed by atoms with E-state index in [1.54, 1.807) is 0 Å². The summed E-state index contributed by atoms with van der Waals surface area (Å²) in [4.78, 5) is 14.7. The van der Waals surface area contributed by atoms with Gasteiger partial charge in [0.2, 0.25) is 5.91 Å². The Morgan fingerprint density at radius 3 is 2.32 bits per heavy atom. The maximum absolute atomic E-state index is 12.6. The molecule has 25 heavy (non-hydrogen) atoms. The largest absolute Gasteiger partial charge is 0.343 e. The normalized spacial score (nSPS) is 29.0. The molecule has 4 heterocycles. The lowest BCUT2D eigenvalue weighted by Gasteiger charge is -2.34. The predicted molar refractivity (Wildman–Crippen MR) is 103 cm³/mol. The lowest BCUT2D eigenvalue weighted by molar-refractivity contribution is -0.134. The molecule has 2 atom stereocenters. The van der Waals surface area contributed by atoms with Crippen molar-refractivity contribution in [1.29, 1.82) is 0 Å². The lowest BCUT2D eigenvalue weighted by Crippen LogP contribution is -2.43. The quantitative estimate of drug-likeness (QED) is 0.862. The minimum atomic E-state index is 0. The Kier molecular flexibility index (Phi) is 7.59. The van der Waals surface area contributed by atoms with Crippen LogP contribution in [0.5, 0.6) is 0 Å². The maximum Gasteiger partial charge on any atom is 0.222 e. The Morgan fingerprint density at radius 1 is 1.04 bits per heavy atom. The molecule has 2 unspecified atom stereocenters. The molecule has 1 aromatic rings. The summed E-state index contributed by atoms with van der Waals surface area (Å²) >= 11 is 0. The van der Waals surface area contributed by atoms with Crippen LogP contribution >= 0.6 is 24.8 Å². The number of piperidine rings is 2. The van der Waals surface area contributed by atoms with E-state index in [0.29, 0.717) is 29.8 Å². The summed E-state index contributed by atoms with van der Waals surface area (Å²) < 4.78 is 2.02. The van der Waals surface area contributed by atoms with Gasteiger partial charge in [-0.05, 0) is 56.4 Å². The topological polar surface area (TPSA) is 50.2 Å². The number of nitrogens with one attached hydrogen (secondary N) is 1. The molecule has 1 N–H and O–H groups in total. The first-order chi connectivity index (χ1) is 11.3. The number of fused-ring (bicyclic) bond motifs is 2. The summed E-state index contributed by atoms with van der Waals surface area (Å²) in [5.74, 6) is 1.67. The monoisotopic (exact) mass is 388 g/mol. The number of halogens is 2. The van der Waals surface area contributed by atoms with Crippen LogP contribution in [0, 0.1) is 11.8 Å². The van der Waals surface area contributed by atoms with Crippen molar-refractivity contribution in [1.82, 2.24) is 20.0 Å². The molecule has 142 valence electrons. The molecule has 5 nitrogen and oxygen atoms in total. The molecule has 7 heteroatoms. The van der Waals surface area contributed by atoms with Crippen LogP contribution in [0.25, 0.3) is 0 Å². The third-order valence-corrected chi connectivity index (χ3v) is 6.01. The molecule has 1 amide bonds. The minimum Gasteiger partial charge on any atom is -0.343 e. The first kappa shape index (κ1) is 20.5. The minimum absolute atomic E-state index is 0.